The van der Waals surface area contributed by atoms with Crippen LogP contribution in [-0.2, 0) is 6.61 Å². The molecule has 2 N–H and O–H groups in total. The van der Waals surface area contributed by atoms with Gasteiger partial charge in [0.25, 0.3) is 17.5 Å². The second-order valence-electron chi connectivity index (χ2n) is 7.48. The summed E-state index contributed by atoms with van der Waals surface area (Å²) in [5.74, 6) is -0.415. The normalized spacial score (nSPS) is 10.5. The van der Waals surface area contributed by atoms with Crippen LogP contribution >= 0.6 is 0 Å². The molecule has 0 radical (unpaired) electrons. The maximum atomic E-state index is 12.4. The molecule has 4 rings (SSSR count). The zero-order valence-electron chi connectivity index (χ0n) is 18.1. The average Bonchev–Trinajstić information content (AvgIpc) is 2.85. The van der Waals surface area contributed by atoms with Gasteiger partial charge in [-0.2, -0.15) is 0 Å². The highest BCUT2D eigenvalue weighted by Gasteiger charge is 2.15. The summed E-state index contributed by atoms with van der Waals surface area (Å²) in [5, 5.41) is 11.9. The van der Waals surface area contributed by atoms with Crippen LogP contribution in [0, 0.1) is 17.0 Å². The number of carbonyl (C=O) groups excluding carboxylic acids is 2. The summed E-state index contributed by atoms with van der Waals surface area (Å²) in [5.41, 5.74) is 7.09. The maximum absolute atomic E-state index is 12.4. The number of aryl methyl sites for hydroxylation is 1. The number of pyridine rings is 1. The molecule has 170 valence electrons. The van der Waals surface area contributed by atoms with E-state index >= 15 is 0 Å². The molecule has 0 unspecified atom stereocenters. The number of nitrogens with one attached hydrogen (secondary N) is 2. The molecule has 0 aliphatic heterocycles. The number of hydrogen-bond acceptors (Lipinski definition) is 6. The largest absolute Gasteiger partial charge is 0.487 e. The number of rotatable bonds is 6. The van der Waals surface area contributed by atoms with Gasteiger partial charge in [0.1, 0.15) is 17.9 Å². The first-order valence-corrected chi connectivity index (χ1v) is 10.3. The second kappa shape index (κ2) is 9.78. The molecule has 34 heavy (non-hydrogen) atoms. The van der Waals surface area contributed by atoms with Crippen molar-refractivity contribution in [3.05, 3.63) is 111 Å². The highest BCUT2D eigenvalue weighted by molar-refractivity contribution is 5.99. The van der Waals surface area contributed by atoms with Gasteiger partial charge in [0.15, 0.2) is 0 Å². The number of carbonyl (C=O) groups is 2. The third-order valence-electron chi connectivity index (χ3n) is 5.15. The predicted molar refractivity (Wildman–Crippen MR) is 125 cm³/mol. The van der Waals surface area contributed by atoms with E-state index in [4.69, 9.17) is 4.74 Å². The van der Waals surface area contributed by atoms with Crippen LogP contribution in [0.1, 0.15) is 31.8 Å². The molecule has 0 aliphatic rings. The van der Waals surface area contributed by atoms with Crippen molar-refractivity contribution >= 4 is 28.4 Å². The first-order chi connectivity index (χ1) is 16.4. The molecule has 0 atom stereocenters. The number of amides is 2. The van der Waals surface area contributed by atoms with E-state index in [1.54, 1.807) is 30.5 Å². The number of nitro benzene ring substituents is 1. The van der Waals surface area contributed by atoms with E-state index in [1.165, 1.54) is 25.1 Å². The number of fused-ring (bicyclic) bond motifs is 1. The van der Waals surface area contributed by atoms with Crippen molar-refractivity contribution in [2.24, 2.45) is 0 Å². The lowest BCUT2D eigenvalue weighted by Gasteiger charge is -2.10. The molecule has 2 amide bonds. The zero-order chi connectivity index (χ0) is 24.1. The molecule has 3 aromatic carbocycles. The lowest BCUT2D eigenvalue weighted by molar-refractivity contribution is -0.385. The molecule has 0 aliphatic carbocycles. The van der Waals surface area contributed by atoms with Gasteiger partial charge in [-0.1, -0.05) is 30.3 Å². The Kier molecular flexibility index (Phi) is 6.45. The molecule has 9 nitrogen and oxygen atoms in total. The first-order valence-electron chi connectivity index (χ1n) is 10.3. The number of hydrazine groups is 1. The Morgan fingerprint density at radius 3 is 2.32 bits per heavy atom. The van der Waals surface area contributed by atoms with Crippen molar-refractivity contribution in [2.45, 2.75) is 13.5 Å². The van der Waals surface area contributed by atoms with Gasteiger partial charge in [-0.15, -0.1) is 0 Å². The average molecular weight is 456 g/mol. The highest BCUT2D eigenvalue weighted by Crippen LogP contribution is 2.24. The Morgan fingerprint density at radius 1 is 0.941 bits per heavy atom. The molecule has 0 saturated heterocycles. The molecule has 0 spiro atoms. The number of para-hydroxylation sites is 1. The van der Waals surface area contributed by atoms with Gasteiger partial charge < -0.3 is 4.74 Å². The number of ether oxygens (including phenoxy) is 1. The molecule has 0 saturated carbocycles. The number of nitro groups is 1. The second-order valence-corrected chi connectivity index (χ2v) is 7.48. The minimum absolute atomic E-state index is 0.0821. The van der Waals surface area contributed by atoms with Gasteiger partial charge in [-0.3, -0.25) is 35.5 Å². The van der Waals surface area contributed by atoms with E-state index in [1.807, 2.05) is 30.3 Å². The summed E-state index contributed by atoms with van der Waals surface area (Å²) >= 11 is 0. The number of nitrogens with zero attached hydrogens (tertiary/aromatic N) is 2. The molecular formula is C25H20N4O5. The van der Waals surface area contributed by atoms with Gasteiger partial charge in [-0.05, 0) is 48.9 Å². The minimum Gasteiger partial charge on any atom is -0.487 e. The Morgan fingerprint density at radius 2 is 1.62 bits per heavy atom. The number of hydrogen-bond donors (Lipinski definition) is 2. The van der Waals surface area contributed by atoms with Gasteiger partial charge in [0.2, 0.25) is 0 Å². The summed E-state index contributed by atoms with van der Waals surface area (Å²) in [6, 6.07) is 20.3. The highest BCUT2D eigenvalue weighted by atomic mass is 16.6. The zero-order valence-corrected chi connectivity index (χ0v) is 18.1. The molecule has 9 heteroatoms. The lowest BCUT2D eigenvalue weighted by atomic mass is 10.1. The Bertz CT molecular complexity index is 1380. The third-order valence-corrected chi connectivity index (χ3v) is 5.15. The van der Waals surface area contributed by atoms with Crippen LogP contribution in [0.4, 0.5) is 5.69 Å². The predicted octanol–water partition coefficient (Wildman–Crippen LogP) is 4.11. The fourth-order valence-corrected chi connectivity index (χ4v) is 3.37. The van der Waals surface area contributed by atoms with Crippen molar-refractivity contribution in [3.63, 3.8) is 0 Å². The topological polar surface area (TPSA) is 123 Å². The van der Waals surface area contributed by atoms with Crippen molar-refractivity contribution in [3.8, 4) is 5.75 Å². The Labute approximate surface area is 194 Å². The lowest BCUT2D eigenvalue weighted by Crippen LogP contribution is -2.41. The van der Waals surface area contributed by atoms with Crippen LogP contribution in [0.3, 0.4) is 0 Å². The maximum Gasteiger partial charge on any atom is 0.272 e. The molecular weight excluding hydrogens is 436 g/mol. The van der Waals surface area contributed by atoms with E-state index < -0.39 is 16.7 Å². The quantitative estimate of drug-likeness (QED) is 0.333. The summed E-state index contributed by atoms with van der Waals surface area (Å²) in [7, 11) is 0. The SMILES string of the molecule is Cc1cc(C(=O)NNC(=O)c2ccc(COc3cccc4cccnc34)cc2)ccc1[N+](=O)[O-]. The number of aromatic nitrogens is 1. The van der Waals surface area contributed by atoms with Crippen molar-refractivity contribution in [2.75, 3.05) is 0 Å². The molecule has 0 bridgehead atoms. The Hall–Kier alpha value is -4.79. The minimum atomic E-state index is -0.583. The Balaban J connectivity index is 1.33. The summed E-state index contributed by atoms with van der Waals surface area (Å²) in [6.45, 7) is 1.84. The molecule has 1 aromatic heterocycles. The van der Waals surface area contributed by atoms with Gasteiger partial charge in [0, 0.05) is 34.3 Å². The van der Waals surface area contributed by atoms with Gasteiger partial charge >= 0.3 is 0 Å². The van der Waals surface area contributed by atoms with Crippen LogP contribution in [0.15, 0.2) is 79.0 Å². The van der Waals surface area contributed by atoms with Crippen LogP contribution in [0.25, 0.3) is 10.9 Å². The summed E-state index contributed by atoms with van der Waals surface area (Å²) in [4.78, 5) is 39.4. The monoisotopic (exact) mass is 456 g/mol. The van der Waals surface area contributed by atoms with Crippen molar-refractivity contribution < 1.29 is 19.2 Å². The van der Waals surface area contributed by atoms with Gasteiger partial charge in [0.05, 0.1) is 4.92 Å². The van der Waals surface area contributed by atoms with E-state index in [0.717, 1.165) is 16.5 Å². The van der Waals surface area contributed by atoms with E-state index in [-0.39, 0.29) is 11.3 Å². The molecule has 4 aromatic rings. The fraction of sp³-hybridized carbons (Fsp3) is 0.0800. The van der Waals surface area contributed by atoms with E-state index in [0.29, 0.717) is 23.5 Å². The molecule has 1 heterocycles. The van der Waals surface area contributed by atoms with Gasteiger partial charge in [-0.25, -0.2) is 0 Å². The standard InChI is InChI=1S/C25H20N4O5/c1-16-14-20(11-12-21(16)29(32)33)25(31)28-27-24(30)19-9-7-17(8-10-19)15-34-22-6-2-4-18-5-3-13-26-23(18)22/h2-14H,15H2,1H3,(H,27,30)(H,28,31). The molecule has 0 fully saturated rings. The smallest absolute Gasteiger partial charge is 0.272 e. The van der Waals surface area contributed by atoms with Crippen molar-refractivity contribution in [1.29, 1.82) is 0 Å². The van der Waals surface area contributed by atoms with Crippen molar-refractivity contribution in [1.82, 2.24) is 15.8 Å². The fourth-order valence-electron chi connectivity index (χ4n) is 3.37. The van der Waals surface area contributed by atoms with E-state index in [2.05, 4.69) is 15.8 Å². The van der Waals surface area contributed by atoms with E-state index in [9.17, 15) is 19.7 Å². The van der Waals surface area contributed by atoms with Crippen LogP contribution in [-0.4, -0.2) is 21.7 Å². The summed E-state index contributed by atoms with van der Waals surface area (Å²) < 4.78 is 5.90. The third kappa shape index (κ3) is 4.99. The van der Waals surface area contributed by atoms with Crippen LogP contribution in [0.5, 0.6) is 5.75 Å². The summed E-state index contributed by atoms with van der Waals surface area (Å²) in [6.07, 6.45) is 1.71. The first kappa shape index (κ1) is 22.4. The number of benzene rings is 3. The van der Waals surface area contributed by atoms with Crippen LogP contribution < -0.4 is 15.6 Å². The van der Waals surface area contributed by atoms with Crippen LogP contribution in [0.2, 0.25) is 0 Å².